The molecule has 0 fully saturated rings. The summed E-state index contributed by atoms with van der Waals surface area (Å²) in [5.74, 6) is 0.156. The van der Waals surface area contributed by atoms with Crippen LogP contribution >= 0.6 is 23.1 Å². The van der Waals surface area contributed by atoms with Gasteiger partial charge in [0.1, 0.15) is 0 Å². The van der Waals surface area contributed by atoms with Crippen molar-refractivity contribution in [2.75, 3.05) is 11.1 Å². The molecule has 3 N–H and O–H groups in total. The van der Waals surface area contributed by atoms with Gasteiger partial charge in [0.25, 0.3) is 5.91 Å². The molecule has 0 aliphatic carbocycles. The molecule has 2 amide bonds. The van der Waals surface area contributed by atoms with Crippen LogP contribution in [0.1, 0.15) is 34.6 Å². The molecule has 1 aromatic carbocycles. The number of aryl methyl sites for hydroxylation is 1. The van der Waals surface area contributed by atoms with Crippen molar-refractivity contribution in [2.24, 2.45) is 5.73 Å². The third-order valence-corrected chi connectivity index (χ3v) is 6.45. The summed E-state index contributed by atoms with van der Waals surface area (Å²) in [6.07, 6.45) is 0.936. The van der Waals surface area contributed by atoms with E-state index < -0.39 is 5.91 Å². The molecule has 0 aliphatic rings. The molecule has 0 unspecified atom stereocenters. The van der Waals surface area contributed by atoms with Gasteiger partial charge in [-0.15, -0.1) is 21.5 Å². The summed E-state index contributed by atoms with van der Waals surface area (Å²) in [5.41, 5.74) is 8.44. The molecule has 2 heterocycles. The predicted octanol–water partition coefficient (Wildman–Crippen LogP) is 3.73. The van der Waals surface area contributed by atoms with E-state index in [2.05, 4.69) is 34.7 Å². The van der Waals surface area contributed by atoms with Crippen molar-refractivity contribution in [3.63, 3.8) is 0 Å². The molecule has 0 saturated carbocycles. The van der Waals surface area contributed by atoms with Crippen LogP contribution in [0.25, 0.3) is 11.4 Å². The SMILES string of the molecule is CCc1c(-c2nnc(SCC(=O)Nc3ccccc3C(N)=O)n2CC)csc1C. The maximum Gasteiger partial charge on any atom is 0.250 e. The Morgan fingerprint density at radius 1 is 1.24 bits per heavy atom. The number of nitrogens with two attached hydrogens (primary N) is 1. The van der Waals surface area contributed by atoms with Gasteiger partial charge >= 0.3 is 0 Å². The van der Waals surface area contributed by atoms with Gasteiger partial charge in [-0.05, 0) is 38.0 Å². The zero-order valence-corrected chi connectivity index (χ0v) is 18.2. The van der Waals surface area contributed by atoms with Crippen LogP contribution in [0, 0.1) is 6.92 Å². The maximum absolute atomic E-state index is 12.4. The first-order valence-corrected chi connectivity index (χ1v) is 11.1. The number of para-hydroxylation sites is 1. The summed E-state index contributed by atoms with van der Waals surface area (Å²) in [6, 6.07) is 6.68. The summed E-state index contributed by atoms with van der Waals surface area (Å²) in [5, 5.41) is 14.2. The molecule has 0 atom stereocenters. The normalized spacial score (nSPS) is 10.9. The first-order valence-electron chi connectivity index (χ1n) is 9.28. The van der Waals surface area contributed by atoms with Gasteiger partial charge in [0.05, 0.1) is 17.0 Å². The van der Waals surface area contributed by atoms with E-state index in [9.17, 15) is 9.59 Å². The van der Waals surface area contributed by atoms with Crippen molar-refractivity contribution in [2.45, 2.75) is 38.9 Å². The number of primary amides is 1. The Morgan fingerprint density at radius 2 is 2.00 bits per heavy atom. The van der Waals surface area contributed by atoms with Gasteiger partial charge in [-0.2, -0.15) is 0 Å². The minimum Gasteiger partial charge on any atom is -0.366 e. The van der Waals surface area contributed by atoms with Crippen molar-refractivity contribution in [3.8, 4) is 11.4 Å². The third kappa shape index (κ3) is 4.51. The Balaban J connectivity index is 1.74. The fourth-order valence-corrected chi connectivity index (χ4v) is 4.85. The number of nitrogens with zero attached hydrogens (tertiary/aromatic N) is 3. The minimum atomic E-state index is -0.582. The molecule has 7 nitrogen and oxygen atoms in total. The Hall–Kier alpha value is -2.65. The van der Waals surface area contributed by atoms with E-state index in [0.29, 0.717) is 17.4 Å². The molecule has 0 bridgehead atoms. The molecule has 3 aromatic rings. The van der Waals surface area contributed by atoms with Crippen molar-refractivity contribution in [3.05, 3.63) is 45.6 Å². The molecule has 9 heteroatoms. The van der Waals surface area contributed by atoms with E-state index >= 15 is 0 Å². The van der Waals surface area contributed by atoms with Gasteiger partial charge in [0, 0.05) is 22.4 Å². The lowest BCUT2D eigenvalue weighted by molar-refractivity contribution is -0.113. The van der Waals surface area contributed by atoms with Crippen LogP contribution in [0.15, 0.2) is 34.8 Å². The van der Waals surface area contributed by atoms with Gasteiger partial charge in [-0.25, -0.2) is 0 Å². The fourth-order valence-electron chi connectivity index (χ4n) is 3.11. The number of nitrogens with one attached hydrogen (secondary N) is 1. The molecule has 0 aliphatic heterocycles. The zero-order valence-electron chi connectivity index (χ0n) is 16.6. The van der Waals surface area contributed by atoms with Crippen molar-refractivity contribution in [1.29, 1.82) is 0 Å². The van der Waals surface area contributed by atoms with Gasteiger partial charge in [0.15, 0.2) is 11.0 Å². The van der Waals surface area contributed by atoms with Crippen LogP contribution in [-0.2, 0) is 17.8 Å². The van der Waals surface area contributed by atoms with E-state index in [0.717, 1.165) is 17.8 Å². The second kappa shape index (κ2) is 9.23. The summed E-state index contributed by atoms with van der Waals surface area (Å²) in [4.78, 5) is 25.2. The molecule has 29 heavy (non-hydrogen) atoms. The van der Waals surface area contributed by atoms with E-state index in [1.54, 1.807) is 35.6 Å². The molecular formula is C20H23N5O2S2. The quantitative estimate of drug-likeness (QED) is 0.531. The lowest BCUT2D eigenvalue weighted by atomic mass is 10.1. The second-order valence-corrected chi connectivity index (χ2v) is 8.36. The van der Waals surface area contributed by atoms with Crippen LogP contribution in [0.2, 0.25) is 0 Å². The van der Waals surface area contributed by atoms with E-state index in [1.165, 1.54) is 22.2 Å². The number of hydrogen-bond donors (Lipinski definition) is 2. The number of rotatable bonds is 8. The number of hydrogen-bond acceptors (Lipinski definition) is 6. The second-order valence-electron chi connectivity index (χ2n) is 6.33. The zero-order chi connectivity index (χ0) is 21.0. The first-order chi connectivity index (χ1) is 14.0. The molecule has 3 rings (SSSR count). The van der Waals surface area contributed by atoms with Crippen molar-refractivity contribution >= 4 is 40.6 Å². The highest BCUT2D eigenvalue weighted by molar-refractivity contribution is 7.99. The van der Waals surface area contributed by atoms with Crippen LogP contribution in [0.4, 0.5) is 5.69 Å². The average Bonchev–Trinajstić information content (AvgIpc) is 3.28. The topological polar surface area (TPSA) is 103 Å². The van der Waals surface area contributed by atoms with E-state index in [4.69, 9.17) is 5.73 Å². The number of thioether (sulfide) groups is 1. The highest BCUT2D eigenvalue weighted by Crippen LogP contribution is 2.32. The monoisotopic (exact) mass is 429 g/mol. The van der Waals surface area contributed by atoms with Crippen LogP contribution in [0.5, 0.6) is 0 Å². The lowest BCUT2D eigenvalue weighted by Crippen LogP contribution is -2.19. The highest BCUT2D eigenvalue weighted by atomic mass is 32.2. The van der Waals surface area contributed by atoms with Gasteiger partial charge in [-0.1, -0.05) is 30.8 Å². The Labute approximate surface area is 177 Å². The minimum absolute atomic E-state index is 0.147. The first kappa shape index (κ1) is 21.1. The Morgan fingerprint density at radius 3 is 2.69 bits per heavy atom. The van der Waals surface area contributed by atoms with Crippen molar-refractivity contribution in [1.82, 2.24) is 14.8 Å². The third-order valence-electron chi connectivity index (χ3n) is 4.53. The molecule has 152 valence electrons. The summed E-state index contributed by atoms with van der Waals surface area (Å²) in [7, 11) is 0. The maximum atomic E-state index is 12.4. The highest BCUT2D eigenvalue weighted by Gasteiger charge is 2.19. The van der Waals surface area contributed by atoms with E-state index in [-0.39, 0.29) is 17.2 Å². The summed E-state index contributed by atoms with van der Waals surface area (Å²) in [6.45, 7) is 6.98. The molecule has 0 radical (unpaired) electrons. The van der Waals surface area contributed by atoms with Crippen LogP contribution in [0.3, 0.4) is 0 Å². The average molecular weight is 430 g/mol. The lowest BCUT2D eigenvalue weighted by Gasteiger charge is -2.10. The fraction of sp³-hybridized carbons (Fsp3) is 0.300. The number of benzene rings is 1. The van der Waals surface area contributed by atoms with Gasteiger partial charge < -0.3 is 15.6 Å². The predicted molar refractivity (Wildman–Crippen MR) is 117 cm³/mol. The van der Waals surface area contributed by atoms with Crippen molar-refractivity contribution < 1.29 is 9.59 Å². The Kier molecular flexibility index (Phi) is 6.71. The van der Waals surface area contributed by atoms with E-state index in [1.807, 2.05) is 11.5 Å². The van der Waals surface area contributed by atoms with Gasteiger partial charge in [-0.3, -0.25) is 9.59 Å². The smallest absolute Gasteiger partial charge is 0.250 e. The number of thiophene rings is 1. The largest absolute Gasteiger partial charge is 0.366 e. The standard InChI is InChI=1S/C20H23N5O2S2/c1-4-13-12(3)28-10-15(13)19-23-24-20(25(19)5-2)29-11-17(26)22-16-9-7-6-8-14(16)18(21)27/h6-10H,4-5,11H2,1-3H3,(H2,21,27)(H,22,26). The molecule has 0 saturated heterocycles. The number of carbonyl (C=O) groups is 2. The summed E-state index contributed by atoms with van der Waals surface area (Å²) < 4.78 is 2.02. The van der Waals surface area contributed by atoms with Crippen LogP contribution in [-0.4, -0.2) is 32.3 Å². The molecule has 2 aromatic heterocycles. The molecular weight excluding hydrogens is 406 g/mol. The number of amides is 2. The summed E-state index contributed by atoms with van der Waals surface area (Å²) >= 11 is 3.03. The van der Waals surface area contributed by atoms with Gasteiger partial charge in [0.2, 0.25) is 5.91 Å². The number of anilines is 1. The Bertz CT molecular complexity index is 1040. The number of carbonyl (C=O) groups excluding carboxylic acids is 2. The van der Waals surface area contributed by atoms with Crippen LogP contribution < -0.4 is 11.1 Å². The molecule has 0 spiro atoms. The number of aromatic nitrogens is 3.